The maximum atomic E-state index is 13.5. The van der Waals surface area contributed by atoms with Crippen LogP contribution in [-0.4, -0.2) is 15.5 Å². The van der Waals surface area contributed by atoms with Gasteiger partial charge < -0.3 is 11.1 Å². The molecule has 0 atom stereocenters. The molecule has 4 N–H and O–H groups in total. The fourth-order valence-electron chi connectivity index (χ4n) is 1.77. The fourth-order valence-corrected chi connectivity index (χ4v) is 2.53. The minimum Gasteiger partial charge on any atom is -0.397 e. The van der Waals surface area contributed by atoms with Gasteiger partial charge in [-0.25, -0.2) is 17.5 Å². The molecule has 7 heteroatoms. The Balaban J connectivity index is 2.31. The first-order valence-corrected chi connectivity index (χ1v) is 7.68. The van der Waals surface area contributed by atoms with Crippen LogP contribution >= 0.6 is 0 Å². The van der Waals surface area contributed by atoms with Crippen molar-refractivity contribution in [3.05, 3.63) is 47.8 Å². The molecule has 0 aliphatic carbocycles. The quantitative estimate of drug-likeness (QED) is 0.757. The number of nitrogens with two attached hydrogens (primary N) is 1. The fraction of sp³-hybridized carbons (Fsp3) is 0.143. The summed E-state index contributed by atoms with van der Waals surface area (Å²) in [6, 6.07) is 9.03. The number of halogens is 1. The highest BCUT2D eigenvalue weighted by Crippen LogP contribution is 2.26. The van der Waals surface area contributed by atoms with Crippen molar-refractivity contribution in [2.75, 3.05) is 18.1 Å². The average molecular weight is 309 g/mol. The van der Waals surface area contributed by atoms with Gasteiger partial charge in [-0.15, -0.1) is 0 Å². The van der Waals surface area contributed by atoms with Crippen molar-refractivity contribution >= 4 is 27.1 Å². The van der Waals surface area contributed by atoms with E-state index in [4.69, 9.17) is 5.73 Å². The maximum absolute atomic E-state index is 13.5. The standard InChI is InChI=1S/C14H16FN3O2S/c1-9-3-4-10(7-12(9)15)18-14-6-5-11(8-13(14)16)21(19,20)17-2/h3-8,17-18H,16H2,1-2H3. The van der Waals surface area contributed by atoms with Gasteiger partial charge in [0.1, 0.15) is 5.82 Å². The van der Waals surface area contributed by atoms with Crippen LogP contribution in [0.25, 0.3) is 0 Å². The van der Waals surface area contributed by atoms with E-state index >= 15 is 0 Å². The molecule has 5 nitrogen and oxygen atoms in total. The molecule has 0 spiro atoms. The highest BCUT2D eigenvalue weighted by atomic mass is 32.2. The van der Waals surface area contributed by atoms with Crippen LogP contribution in [-0.2, 0) is 10.0 Å². The van der Waals surface area contributed by atoms with Crippen LogP contribution in [0, 0.1) is 12.7 Å². The molecule has 2 aromatic rings. The Hall–Kier alpha value is -2.12. The highest BCUT2D eigenvalue weighted by molar-refractivity contribution is 7.89. The molecule has 2 aromatic carbocycles. The summed E-state index contributed by atoms with van der Waals surface area (Å²) in [4.78, 5) is 0.0723. The van der Waals surface area contributed by atoms with Crippen molar-refractivity contribution in [1.82, 2.24) is 4.72 Å². The molecule has 0 bridgehead atoms. The third-order valence-electron chi connectivity index (χ3n) is 3.05. The Kier molecular flexibility index (Phi) is 4.15. The molecule has 0 aliphatic heterocycles. The topological polar surface area (TPSA) is 84.2 Å². The first-order chi connectivity index (χ1) is 9.83. The van der Waals surface area contributed by atoms with Crippen LogP contribution in [0.4, 0.5) is 21.5 Å². The van der Waals surface area contributed by atoms with Crippen LogP contribution in [0.15, 0.2) is 41.3 Å². The number of hydrogen-bond donors (Lipinski definition) is 3. The summed E-state index contributed by atoms with van der Waals surface area (Å²) in [5.74, 6) is -0.326. The molecule has 0 amide bonds. The highest BCUT2D eigenvalue weighted by Gasteiger charge is 2.13. The largest absolute Gasteiger partial charge is 0.397 e. The average Bonchev–Trinajstić information content (AvgIpc) is 2.45. The first-order valence-electron chi connectivity index (χ1n) is 6.20. The van der Waals surface area contributed by atoms with Gasteiger partial charge in [-0.05, 0) is 49.9 Å². The predicted molar refractivity (Wildman–Crippen MR) is 81.5 cm³/mol. The number of nitrogen functional groups attached to an aromatic ring is 1. The molecule has 0 saturated carbocycles. The molecule has 112 valence electrons. The number of benzene rings is 2. The third kappa shape index (κ3) is 3.32. The second-order valence-corrected chi connectivity index (χ2v) is 6.43. The van der Waals surface area contributed by atoms with Crippen molar-refractivity contribution in [3.63, 3.8) is 0 Å². The second-order valence-electron chi connectivity index (χ2n) is 4.55. The van der Waals surface area contributed by atoms with E-state index in [1.807, 2.05) is 0 Å². The van der Waals surface area contributed by atoms with E-state index in [-0.39, 0.29) is 16.4 Å². The predicted octanol–water partition coefficient (Wildman–Crippen LogP) is 2.37. The lowest BCUT2D eigenvalue weighted by Crippen LogP contribution is -2.18. The van der Waals surface area contributed by atoms with Crippen LogP contribution in [0.3, 0.4) is 0 Å². The van der Waals surface area contributed by atoms with Crippen molar-refractivity contribution in [3.8, 4) is 0 Å². The van der Waals surface area contributed by atoms with Gasteiger partial charge >= 0.3 is 0 Å². The van der Waals surface area contributed by atoms with Gasteiger partial charge in [0, 0.05) is 5.69 Å². The van der Waals surface area contributed by atoms with E-state index in [1.165, 1.54) is 31.3 Å². The van der Waals surface area contributed by atoms with Gasteiger partial charge in [-0.3, -0.25) is 0 Å². The zero-order valence-electron chi connectivity index (χ0n) is 11.6. The van der Waals surface area contributed by atoms with Crippen molar-refractivity contribution in [2.24, 2.45) is 0 Å². The number of sulfonamides is 1. The molecule has 0 saturated heterocycles. The van der Waals surface area contributed by atoms with E-state index < -0.39 is 10.0 Å². The zero-order valence-corrected chi connectivity index (χ0v) is 12.5. The molecule has 2 rings (SSSR count). The number of nitrogens with one attached hydrogen (secondary N) is 2. The summed E-state index contributed by atoms with van der Waals surface area (Å²) in [7, 11) is -2.21. The van der Waals surface area contributed by atoms with E-state index in [1.54, 1.807) is 19.1 Å². The number of anilines is 3. The van der Waals surface area contributed by atoms with E-state index in [0.717, 1.165) is 0 Å². The van der Waals surface area contributed by atoms with Gasteiger partial charge in [-0.2, -0.15) is 0 Å². The lowest BCUT2D eigenvalue weighted by atomic mass is 10.2. The molecule has 0 heterocycles. The molecule has 0 aromatic heterocycles. The minimum absolute atomic E-state index is 0.0723. The molecular formula is C14H16FN3O2S. The lowest BCUT2D eigenvalue weighted by Gasteiger charge is -2.11. The van der Waals surface area contributed by atoms with E-state index in [9.17, 15) is 12.8 Å². The van der Waals surface area contributed by atoms with Crippen LogP contribution < -0.4 is 15.8 Å². The zero-order chi connectivity index (χ0) is 15.6. The van der Waals surface area contributed by atoms with Gasteiger partial charge in [-0.1, -0.05) is 6.07 Å². The van der Waals surface area contributed by atoms with Crippen molar-refractivity contribution < 1.29 is 12.8 Å². The summed E-state index contributed by atoms with van der Waals surface area (Å²) in [5.41, 5.74) is 7.69. The van der Waals surface area contributed by atoms with Crippen LogP contribution in [0.1, 0.15) is 5.56 Å². The van der Waals surface area contributed by atoms with Gasteiger partial charge in [0.15, 0.2) is 0 Å². The molecule has 21 heavy (non-hydrogen) atoms. The summed E-state index contributed by atoms with van der Waals surface area (Å²) < 4.78 is 39.0. The Morgan fingerprint density at radius 1 is 1.14 bits per heavy atom. The van der Waals surface area contributed by atoms with Gasteiger partial charge in [0.25, 0.3) is 0 Å². The Labute approximate surface area is 123 Å². The third-order valence-corrected chi connectivity index (χ3v) is 4.46. The van der Waals surface area contributed by atoms with Crippen LogP contribution in [0.2, 0.25) is 0 Å². The van der Waals surface area contributed by atoms with Gasteiger partial charge in [0.2, 0.25) is 10.0 Å². The lowest BCUT2D eigenvalue weighted by molar-refractivity contribution is 0.588. The Morgan fingerprint density at radius 3 is 2.43 bits per heavy atom. The first kappa shape index (κ1) is 15.3. The molecule has 0 radical (unpaired) electrons. The molecule has 0 fully saturated rings. The summed E-state index contributed by atoms with van der Waals surface area (Å²) in [6.07, 6.45) is 0. The molecule has 0 aliphatic rings. The van der Waals surface area contributed by atoms with Gasteiger partial charge in [0.05, 0.1) is 16.3 Å². The SMILES string of the molecule is CNS(=O)(=O)c1ccc(Nc2ccc(C)c(F)c2)c(N)c1. The summed E-state index contributed by atoms with van der Waals surface area (Å²) >= 11 is 0. The normalized spacial score (nSPS) is 11.4. The van der Waals surface area contributed by atoms with E-state index in [0.29, 0.717) is 16.9 Å². The monoisotopic (exact) mass is 309 g/mol. The van der Waals surface area contributed by atoms with Crippen molar-refractivity contribution in [2.45, 2.75) is 11.8 Å². The Bertz CT molecular complexity index is 776. The summed E-state index contributed by atoms with van der Waals surface area (Å²) in [5, 5.41) is 2.96. The number of rotatable bonds is 4. The van der Waals surface area contributed by atoms with Crippen LogP contribution in [0.5, 0.6) is 0 Å². The minimum atomic E-state index is -3.54. The maximum Gasteiger partial charge on any atom is 0.240 e. The molecule has 0 unspecified atom stereocenters. The number of hydrogen-bond acceptors (Lipinski definition) is 4. The molecular weight excluding hydrogens is 293 g/mol. The smallest absolute Gasteiger partial charge is 0.240 e. The Morgan fingerprint density at radius 2 is 1.86 bits per heavy atom. The van der Waals surface area contributed by atoms with E-state index in [2.05, 4.69) is 10.0 Å². The number of aryl methyl sites for hydroxylation is 1. The van der Waals surface area contributed by atoms with Crippen molar-refractivity contribution in [1.29, 1.82) is 0 Å². The summed E-state index contributed by atoms with van der Waals surface area (Å²) in [6.45, 7) is 1.67. The second kappa shape index (κ2) is 5.71.